The van der Waals surface area contributed by atoms with Gasteiger partial charge in [-0.25, -0.2) is 8.42 Å². The Kier molecular flexibility index (Phi) is 8.80. The van der Waals surface area contributed by atoms with Gasteiger partial charge in [-0.15, -0.1) is 0 Å². The van der Waals surface area contributed by atoms with Crippen LogP contribution in [-0.2, 0) is 33.6 Å². The van der Waals surface area contributed by atoms with Crippen LogP contribution in [0, 0.1) is 0 Å². The number of halogens is 6. The van der Waals surface area contributed by atoms with Crippen molar-refractivity contribution >= 4 is 21.6 Å². The fourth-order valence-corrected chi connectivity index (χ4v) is 4.74. The number of carbonyl (C=O) groups excluding carboxylic acids is 1. The summed E-state index contributed by atoms with van der Waals surface area (Å²) in [6.07, 6.45) is -10.6. The molecule has 0 saturated carbocycles. The molecule has 3 rings (SSSR count). The van der Waals surface area contributed by atoms with Crippen molar-refractivity contribution in [2.24, 2.45) is 0 Å². The molecule has 0 bridgehead atoms. The van der Waals surface area contributed by atoms with E-state index in [0.717, 1.165) is 6.07 Å². The van der Waals surface area contributed by atoms with E-state index in [2.05, 4.69) is 4.72 Å². The first kappa shape index (κ1) is 29.8. The highest BCUT2D eigenvalue weighted by Crippen LogP contribution is 2.37. The van der Waals surface area contributed by atoms with E-state index in [9.17, 15) is 39.6 Å². The maximum atomic E-state index is 13.3. The predicted octanol–water partition coefficient (Wildman–Crippen LogP) is 5.27. The van der Waals surface area contributed by atoms with Gasteiger partial charge in [-0.2, -0.15) is 31.1 Å². The zero-order chi connectivity index (χ0) is 29.0. The molecule has 1 atom stereocenters. The molecule has 2 N–H and O–H groups in total. The molecule has 1 unspecified atom stereocenters. The zero-order valence-electron chi connectivity index (χ0n) is 20.4. The third kappa shape index (κ3) is 7.63. The number of carbonyl (C=O) groups is 1. The average molecular weight is 577 g/mol. The number of rotatable bonds is 9. The minimum Gasteiger partial charge on any atom is -0.493 e. The number of hydrogen-bond acceptors (Lipinski definition) is 5. The van der Waals surface area contributed by atoms with Crippen LogP contribution in [-0.4, -0.2) is 34.6 Å². The first-order chi connectivity index (χ1) is 18.1. The fraction of sp³-hybridized carbons (Fsp3) is 0.240. The van der Waals surface area contributed by atoms with Crippen LogP contribution in [0.2, 0.25) is 0 Å². The van der Waals surface area contributed by atoms with E-state index in [-0.39, 0.29) is 28.9 Å². The van der Waals surface area contributed by atoms with Gasteiger partial charge in [-0.05, 0) is 42.3 Å². The van der Waals surface area contributed by atoms with E-state index >= 15 is 0 Å². The first-order valence-corrected chi connectivity index (χ1v) is 12.5. The second kappa shape index (κ2) is 11.5. The number of ether oxygens (including phenoxy) is 2. The predicted molar refractivity (Wildman–Crippen MR) is 129 cm³/mol. The lowest BCUT2D eigenvalue weighted by atomic mass is 10.1. The summed E-state index contributed by atoms with van der Waals surface area (Å²) in [4.78, 5) is 12.8. The Morgan fingerprint density at radius 1 is 0.821 bits per heavy atom. The summed E-state index contributed by atoms with van der Waals surface area (Å²) < 4.78 is 118. The summed E-state index contributed by atoms with van der Waals surface area (Å²) in [7, 11) is -1.83. The summed E-state index contributed by atoms with van der Waals surface area (Å²) in [5.74, 6) is -0.900. The lowest BCUT2D eigenvalue weighted by molar-refractivity contribution is -0.143. The number of nitrogens with one attached hydrogen (secondary N) is 2. The summed E-state index contributed by atoms with van der Waals surface area (Å²) in [6.45, 7) is 0. The van der Waals surface area contributed by atoms with Crippen molar-refractivity contribution in [2.45, 2.75) is 29.7 Å². The summed E-state index contributed by atoms with van der Waals surface area (Å²) in [5.41, 5.74) is -3.63. The van der Waals surface area contributed by atoms with E-state index < -0.39 is 51.1 Å². The van der Waals surface area contributed by atoms with Crippen LogP contribution >= 0.6 is 0 Å². The van der Waals surface area contributed by atoms with Crippen LogP contribution in [0.15, 0.2) is 71.6 Å². The van der Waals surface area contributed by atoms with Crippen LogP contribution in [0.5, 0.6) is 11.5 Å². The molecule has 14 heteroatoms. The van der Waals surface area contributed by atoms with Crippen molar-refractivity contribution in [3.05, 3.63) is 83.4 Å². The molecule has 3 aromatic carbocycles. The van der Waals surface area contributed by atoms with Gasteiger partial charge in [0, 0.05) is 11.8 Å². The highest BCUT2D eigenvalue weighted by atomic mass is 32.2. The van der Waals surface area contributed by atoms with Crippen LogP contribution in [0.25, 0.3) is 0 Å². The average Bonchev–Trinajstić information content (AvgIpc) is 2.87. The molecule has 39 heavy (non-hydrogen) atoms. The highest BCUT2D eigenvalue weighted by Gasteiger charge is 2.37. The number of methoxy groups -OCH3 is 2. The first-order valence-electron chi connectivity index (χ1n) is 11.0. The van der Waals surface area contributed by atoms with Crippen molar-refractivity contribution in [1.29, 1.82) is 0 Å². The quantitative estimate of drug-likeness (QED) is 0.339. The van der Waals surface area contributed by atoms with Gasteiger partial charge in [0.1, 0.15) is 6.04 Å². The van der Waals surface area contributed by atoms with Gasteiger partial charge in [-0.3, -0.25) is 4.79 Å². The van der Waals surface area contributed by atoms with Gasteiger partial charge in [0.15, 0.2) is 11.5 Å². The smallest absolute Gasteiger partial charge is 0.416 e. The zero-order valence-corrected chi connectivity index (χ0v) is 21.2. The minimum absolute atomic E-state index is 0.0630. The van der Waals surface area contributed by atoms with Crippen molar-refractivity contribution in [3.8, 4) is 11.5 Å². The second-order valence-corrected chi connectivity index (χ2v) is 9.88. The largest absolute Gasteiger partial charge is 0.493 e. The van der Waals surface area contributed by atoms with Crippen LogP contribution < -0.4 is 19.5 Å². The van der Waals surface area contributed by atoms with Gasteiger partial charge in [0.05, 0.1) is 30.2 Å². The molecule has 0 aliphatic rings. The fourth-order valence-electron chi connectivity index (χ4n) is 3.53. The molecular formula is C25H22F6N2O5S. The van der Waals surface area contributed by atoms with Crippen LogP contribution in [0.4, 0.5) is 32.0 Å². The SMILES string of the molecule is COc1ccc(S(=O)(=O)NC(Cc2ccccc2)C(=O)Nc2cc(C(F)(F)F)cc(C(F)(F)F)c2)cc1OC. The number of hydrogen-bond donors (Lipinski definition) is 2. The van der Waals surface area contributed by atoms with E-state index in [1.807, 2.05) is 5.32 Å². The Labute approximate surface area is 219 Å². The highest BCUT2D eigenvalue weighted by molar-refractivity contribution is 7.89. The second-order valence-electron chi connectivity index (χ2n) is 8.16. The van der Waals surface area contributed by atoms with E-state index in [0.29, 0.717) is 17.7 Å². The molecule has 1 amide bonds. The van der Waals surface area contributed by atoms with Crippen molar-refractivity contribution in [1.82, 2.24) is 4.72 Å². The van der Waals surface area contributed by atoms with E-state index in [1.54, 1.807) is 30.3 Å². The van der Waals surface area contributed by atoms with Gasteiger partial charge in [0.2, 0.25) is 15.9 Å². The van der Waals surface area contributed by atoms with Crippen LogP contribution in [0.1, 0.15) is 16.7 Å². The molecular weight excluding hydrogens is 554 g/mol. The Balaban J connectivity index is 1.99. The van der Waals surface area contributed by atoms with Gasteiger partial charge in [-0.1, -0.05) is 30.3 Å². The standard InChI is InChI=1S/C25H22F6N2O5S/c1-37-21-9-8-19(14-22(21)38-2)39(35,36)33-20(10-15-6-4-3-5-7-15)23(34)32-18-12-16(24(26,27)28)11-17(13-18)25(29,30)31/h3-9,11-14,20,33H,10H2,1-2H3,(H,32,34). The number of benzene rings is 3. The molecule has 0 aromatic heterocycles. The number of alkyl halides is 6. The van der Waals surface area contributed by atoms with E-state index in [4.69, 9.17) is 9.47 Å². The van der Waals surface area contributed by atoms with Crippen molar-refractivity contribution in [2.75, 3.05) is 19.5 Å². The summed E-state index contributed by atoms with van der Waals surface area (Å²) >= 11 is 0. The molecule has 7 nitrogen and oxygen atoms in total. The maximum absolute atomic E-state index is 13.3. The Morgan fingerprint density at radius 3 is 1.90 bits per heavy atom. The van der Waals surface area contributed by atoms with Gasteiger partial charge in [0.25, 0.3) is 0 Å². The van der Waals surface area contributed by atoms with Gasteiger partial charge >= 0.3 is 12.4 Å². The normalized spacial score (nSPS) is 13.0. The molecule has 0 fully saturated rings. The maximum Gasteiger partial charge on any atom is 0.416 e. The number of amides is 1. The van der Waals surface area contributed by atoms with Crippen LogP contribution in [0.3, 0.4) is 0 Å². The monoisotopic (exact) mass is 576 g/mol. The lowest BCUT2D eigenvalue weighted by Crippen LogP contribution is -2.45. The molecule has 0 aliphatic heterocycles. The minimum atomic E-state index is -5.14. The molecule has 0 saturated heterocycles. The lowest BCUT2D eigenvalue weighted by Gasteiger charge is -2.20. The summed E-state index contributed by atoms with van der Waals surface area (Å²) in [5, 5.41) is 1.99. The third-order valence-electron chi connectivity index (χ3n) is 5.42. The number of sulfonamides is 1. The molecule has 0 heterocycles. The molecule has 0 spiro atoms. The molecule has 0 aliphatic carbocycles. The van der Waals surface area contributed by atoms with Gasteiger partial charge < -0.3 is 14.8 Å². The summed E-state index contributed by atoms with van der Waals surface area (Å²) in [6, 6.07) is 10.6. The Morgan fingerprint density at radius 2 is 1.38 bits per heavy atom. The van der Waals surface area contributed by atoms with Crippen molar-refractivity contribution < 1.29 is 49.0 Å². The third-order valence-corrected chi connectivity index (χ3v) is 6.89. The molecule has 0 radical (unpaired) electrons. The molecule has 210 valence electrons. The van der Waals surface area contributed by atoms with E-state index in [1.165, 1.54) is 26.4 Å². The van der Waals surface area contributed by atoms with Crippen molar-refractivity contribution in [3.63, 3.8) is 0 Å². The number of anilines is 1. The molecule has 3 aromatic rings. The topological polar surface area (TPSA) is 93.7 Å². The Hall–Kier alpha value is -3.78. The Bertz CT molecular complexity index is 1390.